The Balaban J connectivity index is 1.24. The molecular weight excluding hydrogens is 502 g/mol. The van der Waals surface area contributed by atoms with Crippen LogP contribution in [-0.2, 0) is 25.7 Å². The molecule has 0 N–H and O–H groups in total. The number of hydrogen-bond acceptors (Lipinski definition) is 4. The molecule has 7 heteroatoms. The van der Waals surface area contributed by atoms with Crippen molar-refractivity contribution in [3.63, 3.8) is 0 Å². The maximum Gasteiger partial charge on any atom is 0.257 e. The third kappa shape index (κ3) is 3.95. The molecule has 0 spiro atoms. The number of hydrogen-bond donors (Lipinski definition) is 0. The molecule has 1 saturated carbocycles. The molecule has 1 unspecified atom stereocenters. The van der Waals surface area contributed by atoms with Crippen LogP contribution in [0.4, 0.5) is 11.4 Å². The smallest absolute Gasteiger partial charge is 0.257 e. The van der Waals surface area contributed by atoms with Gasteiger partial charge >= 0.3 is 0 Å². The standard InChI is InChI=1S/C33H31N3O4/c37-30(20-35-31(38)24-10-3-4-11-25(24)32(35)39)36-27-15-7-12-26(27)33(40)34(28-13-5-6-14-29(28)36)19-21-16-17-22-8-1-2-9-23(22)18-21/h1-2,5-6,8-9,13-14,16-18,26-27H,3-4,7,10-12,15,19-20H2/t26-,27?/m0/s1. The summed E-state index contributed by atoms with van der Waals surface area (Å²) >= 11 is 0. The first kappa shape index (κ1) is 24.8. The van der Waals surface area contributed by atoms with Crippen LogP contribution in [0.1, 0.15) is 50.5 Å². The van der Waals surface area contributed by atoms with E-state index in [-0.39, 0.29) is 42.1 Å². The van der Waals surface area contributed by atoms with Gasteiger partial charge in [0.2, 0.25) is 11.8 Å². The summed E-state index contributed by atoms with van der Waals surface area (Å²) in [5.41, 5.74) is 3.51. The highest BCUT2D eigenvalue weighted by Crippen LogP contribution is 2.44. The average molecular weight is 534 g/mol. The molecule has 3 aromatic rings. The van der Waals surface area contributed by atoms with Gasteiger partial charge in [-0.05, 0) is 73.1 Å². The zero-order valence-electron chi connectivity index (χ0n) is 22.3. The van der Waals surface area contributed by atoms with Gasteiger partial charge in [0.05, 0.1) is 23.8 Å². The number of fused-ring (bicyclic) bond motifs is 3. The summed E-state index contributed by atoms with van der Waals surface area (Å²) in [5, 5.41) is 2.26. The van der Waals surface area contributed by atoms with Crippen molar-refractivity contribution >= 4 is 45.8 Å². The molecule has 4 aliphatic rings. The molecule has 7 nitrogen and oxygen atoms in total. The van der Waals surface area contributed by atoms with Gasteiger partial charge in [-0.15, -0.1) is 0 Å². The highest BCUT2D eigenvalue weighted by atomic mass is 16.2. The van der Waals surface area contributed by atoms with Gasteiger partial charge in [-0.2, -0.15) is 0 Å². The first-order valence-corrected chi connectivity index (χ1v) is 14.3. The number of para-hydroxylation sites is 2. The molecule has 3 aromatic carbocycles. The molecule has 202 valence electrons. The normalized spacial score (nSPS) is 22.5. The van der Waals surface area contributed by atoms with Crippen molar-refractivity contribution in [2.75, 3.05) is 16.3 Å². The van der Waals surface area contributed by atoms with Crippen molar-refractivity contribution in [1.82, 2.24) is 4.90 Å². The summed E-state index contributed by atoms with van der Waals surface area (Å²) in [6.07, 6.45) is 5.22. The van der Waals surface area contributed by atoms with E-state index in [9.17, 15) is 19.2 Å². The van der Waals surface area contributed by atoms with Gasteiger partial charge in [-0.25, -0.2) is 0 Å². The zero-order chi connectivity index (χ0) is 27.4. The summed E-state index contributed by atoms with van der Waals surface area (Å²) in [4.78, 5) is 59.1. The van der Waals surface area contributed by atoms with Crippen molar-refractivity contribution in [1.29, 1.82) is 0 Å². The van der Waals surface area contributed by atoms with Crippen LogP contribution in [0, 0.1) is 5.92 Å². The lowest BCUT2D eigenvalue weighted by Gasteiger charge is -2.31. The summed E-state index contributed by atoms with van der Waals surface area (Å²) in [7, 11) is 0. The first-order valence-electron chi connectivity index (χ1n) is 14.3. The highest BCUT2D eigenvalue weighted by Gasteiger charge is 2.47. The second-order valence-corrected chi connectivity index (χ2v) is 11.3. The van der Waals surface area contributed by atoms with Crippen LogP contribution < -0.4 is 9.80 Å². The van der Waals surface area contributed by atoms with Crippen LogP contribution in [0.3, 0.4) is 0 Å². The predicted molar refractivity (Wildman–Crippen MR) is 152 cm³/mol. The van der Waals surface area contributed by atoms with E-state index in [1.54, 1.807) is 4.90 Å². The molecule has 4 amide bonds. The number of anilines is 2. The fourth-order valence-electron chi connectivity index (χ4n) is 7.08. The Kier molecular flexibility index (Phi) is 6.02. The molecule has 0 saturated heterocycles. The van der Waals surface area contributed by atoms with E-state index in [2.05, 4.69) is 30.3 Å². The van der Waals surface area contributed by atoms with E-state index in [0.29, 0.717) is 54.7 Å². The van der Waals surface area contributed by atoms with Crippen molar-refractivity contribution < 1.29 is 19.2 Å². The summed E-state index contributed by atoms with van der Waals surface area (Å²) in [6.45, 7) is 0.0900. The van der Waals surface area contributed by atoms with Crippen molar-refractivity contribution in [2.45, 2.75) is 57.5 Å². The number of imide groups is 1. The Morgan fingerprint density at radius 2 is 1.40 bits per heavy atom. The van der Waals surface area contributed by atoms with E-state index >= 15 is 0 Å². The van der Waals surface area contributed by atoms with Gasteiger partial charge in [0.15, 0.2) is 0 Å². The molecular formula is C33H31N3O4. The van der Waals surface area contributed by atoms with Crippen molar-refractivity contribution in [3.8, 4) is 0 Å². The van der Waals surface area contributed by atoms with E-state index in [4.69, 9.17) is 0 Å². The first-order chi connectivity index (χ1) is 19.5. The minimum atomic E-state index is -0.340. The van der Waals surface area contributed by atoms with Gasteiger partial charge in [-0.1, -0.05) is 55.0 Å². The number of amides is 4. The molecule has 2 aliphatic heterocycles. The van der Waals surface area contributed by atoms with Crippen LogP contribution in [0.15, 0.2) is 77.9 Å². The van der Waals surface area contributed by atoms with Crippen LogP contribution >= 0.6 is 0 Å². The molecule has 2 atom stereocenters. The Morgan fingerprint density at radius 3 is 2.15 bits per heavy atom. The average Bonchev–Trinajstić information content (AvgIpc) is 3.53. The quantitative estimate of drug-likeness (QED) is 0.436. The molecule has 0 radical (unpaired) electrons. The zero-order valence-corrected chi connectivity index (χ0v) is 22.3. The van der Waals surface area contributed by atoms with E-state index in [1.807, 2.05) is 41.3 Å². The summed E-state index contributed by atoms with van der Waals surface area (Å²) in [6, 6.07) is 21.6. The number of nitrogens with zero attached hydrogens (tertiary/aromatic N) is 3. The van der Waals surface area contributed by atoms with Gasteiger partial charge < -0.3 is 9.80 Å². The van der Waals surface area contributed by atoms with E-state index in [1.165, 1.54) is 0 Å². The fraction of sp³-hybridized carbons (Fsp3) is 0.333. The maximum absolute atomic E-state index is 14.1. The molecule has 7 rings (SSSR count). The lowest BCUT2D eigenvalue weighted by molar-refractivity contribution is -0.141. The monoisotopic (exact) mass is 533 g/mol. The minimum Gasteiger partial charge on any atom is -0.306 e. The van der Waals surface area contributed by atoms with Crippen molar-refractivity contribution in [3.05, 3.63) is 83.4 Å². The van der Waals surface area contributed by atoms with Gasteiger partial charge in [0.25, 0.3) is 11.8 Å². The number of benzene rings is 3. The Hall–Kier alpha value is -4.26. The highest BCUT2D eigenvalue weighted by molar-refractivity contribution is 6.21. The lowest BCUT2D eigenvalue weighted by Crippen LogP contribution is -2.49. The molecule has 0 aromatic heterocycles. The molecule has 40 heavy (non-hydrogen) atoms. The topological polar surface area (TPSA) is 78.0 Å². The van der Waals surface area contributed by atoms with Crippen LogP contribution in [0.25, 0.3) is 10.8 Å². The Bertz CT molecular complexity index is 1580. The van der Waals surface area contributed by atoms with Gasteiger partial charge in [-0.3, -0.25) is 24.1 Å². The van der Waals surface area contributed by atoms with Crippen LogP contribution in [0.2, 0.25) is 0 Å². The number of rotatable bonds is 4. The summed E-state index contributed by atoms with van der Waals surface area (Å²) < 4.78 is 0. The largest absolute Gasteiger partial charge is 0.306 e. The lowest BCUT2D eigenvalue weighted by atomic mass is 9.93. The number of carbonyl (C=O) groups is 4. The molecule has 2 heterocycles. The van der Waals surface area contributed by atoms with Gasteiger partial charge in [0, 0.05) is 17.2 Å². The fourth-order valence-corrected chi connectivity index (χ4v) is 7.08. The third-order valence-corrected chi connectivity index (χ3v) is 9.02. The predicted octanol–water partition coefficient (Wildman–Crippen LogP) is 5.13. The molecule has 2 aliphatic carbocycles. The molecule has 0 bridgehead atoms. The number of carbonyl (C=O) groups excluding carboxylic acids is 4. The Morgan fingerprint density at radius 1 is 0.725 bits per heavy atom. The second-order valence-electron chi connectivity index (χ2n) is 11.3. The van der Waals surface area contributed by atoms with Crippen LogP contribution in [0.5, 0.6) is 0 Å². The van der Waals surface area contributed by atoms with Gasteiger partial charge in [0.1, 0.15) is 6.54 Å². The SMILES string of the molecule is O=C1C2=C(CCCC2)C(=O)N1CC(=O)N1c2ccccc2N(Cc2ccc3ccccc3c2)C(=O)[C@H]2CCCC21. The van der Waals surface area contributed by atoms with Crippen LogP contribution in [-0.4, -0.2) is 41.1 Å². The third-order valence-electron chi connectivity index (χ3n) is 9.02. The van der Waals surface area contributed by atoms with Crippen molar-refractivity contribution in [2.24, 2.45) is 5.92 Å². The Labute approximate surface area is 233 Å². The maximum atomic E-state index is 14.1. The second kappa shape index (κ2) is 9.73. The summed E-state index contributed by atoms with van der Waals surface area (Å²) in [5.74, 6) is -1.29. The van der Waals surface area contributed by atoms with E-state index < -0.39 is 0 Å². The molecule has 1 fully saturated rings. The minimum absolute atomic E-state index is 0.0175. The van der Waals surface area contributed by atoms with E-state index in [0.717, 1.165) is 40.5 Å².